The van der Waals surface area contributed by atoms with Gasteiger partial charge in [-0.2, -0.15) is 0 Å². The molecule has 0 aliphatic carbocycles. The highest BCUT2D eigenvalue weighted by Crippen LogP contribution is 2.52. The van der Waals surface area contributed by atoms with Crippen molar-refractivity contribution >= 4 is 23.2 Å². The Labute approximate surface area is 135 Å². The fraction of sp³-hybridized carbons (Fsp3) is 0.647. The van der Waals surface area contributed by atoms with Crippen LogP contribution in [-0.4, -0.2) is 34.0 Å². The molecule has 1 N–H and O–H groups in total. The molecule has 4 nitrogen and oxygen atoms in total. The van der Waals surface area contributed by atoms with Gasteiger partial charge in [-0.1, -0.05) is 13.0 Å². The van der Waals surface area contributed by atoms with Gasteiger partial charge in [0.05, 0.1) is 5.41 Å². The lowest BCUT2D eigenvalue weighted by molar-refractivity contribution is -0.151. The van der Waals surface area contributed by atoms with Crippen LogP contribution in [0.2, 0.25) is 0 Å². The molecule has 2 fully saturated rings. The molecule has 1 amide bonds. The number of fused-ring (bicyclic) bond motifs is 2. The van der Waals surface area contributed by atoms with Gasteiger partial charge in [-0.3, -0.25) is 9.59 Å². The third kappa shape index (κ3) is 2.45. The maximum atomic E-state index is 12.6. The van der Waals surface area contributed by atoms with Crippen LogP contribution in [0.25, 0.3) is 0 Å². The first kappa shape index (κ1) is 15.5. The maximum Gasteiger partial charge on any atom is 0.311 e. The Morgan fingerprint density at radius 1 is 1.45 bits per heavy atom. The van der Waals surface area contributed by atoms with E-state index in [1.165, 1.54) is 4.88 Å². The molecule has 3 atom stereocenters. The van der Waals surface area contributed by atoms with E-state index >= 15 is 0 Å². The first-order valence-corrected chi connectivity index (χ1v) is 9.03. The molecule has 3 rings (SSSR count). The average molecular weight is 321 g/mol. The van der Waals surface area contributed by atoms with Crippen LogP contribution in [0.5, 0.6) is 0 Å². The normalized spacial score (nSPS) is 30.0. The molecular formula is C17H23NO3S. The van der Waals surface area contributed by atoms with Crippen molar-refractivity contribution in [2.75, 3.05) is 0 Å². The molecule has 0 spiro atoms. The summed E-state index contributed by atoms with van der Waals surface area (Å²) in [5.41, 5.74) is -0.702. The number of hydrogen-bond acceptors (Lipinski definition) is 3. The smallest absolute Gasteiger partial charge is 0.311 e. The molecule has 1 aromatic rings. The quantitative estimate of drug-likeness (QED) is 0.874. The van der Waals surface area contributed by atoms with E-state index in [0.717, 1.165) is 25.7 Å². The lowest BCUT2D eigenvalue weighted by Gasteiger charge is -2.32. The Hall–Kier alpha value is -1.36. The molecule has 2 saturated heterocycles. The fourth-order valence-corrected chi connectivity index (χ4v) is 5.07. The van der Waals surface area contributed by atoms with Crippen LogP contribution in [0.15, 0.2) is 17.5 Å². The van der Waals surface area contributed by atoms with E-state index in [9.17, 15) is 14.7 Å². The number of aryl methyl sites for hydroxylation is 1. The number of aliphatic carboxylic acids is 1. The summed E-state index contributed by atoms with van der Waals surface area (Å²) >= 11 is 1.72. The zero-order valence-electron chi connectivity index (χ0n) is 13.0. The zero-order chi connectivity index (χ0) is 15.7. The Bertz CT molecular complexity index is 556. The van der Waals surface area contributed by atoms with Crippen LogP contribution in [0, 0.1) is 5.41 Å². The van der Waals surface area contributed by atoms with Gasteiger partial charge in [0.2, 0.25) is 5.91 Å². The van der Waals surface area contributed by atoms with Gasteiger partial charge < -0.3 is 10.0 Å². The van der Waals surface area contributed by atoms with Crippen LogP contribution in [-0.2, 0) is 16.0 Å². The van der Waals surface area contributed by atoms with Crippen molar-refractivity contribution < 1.29 is 14.7 Å². The van der Waals surface area contributed by atoms with E-state index in [2.05, 4.69) is 11.4 Å². The number of thiophene rings is 1. The monoisotopic (exact) mass is 321 g/mol. The largest absolute Gasteiger partial charge is 0.481 e. The predicted octanol–water partition coefficient (Wildman–Crippen LogP) is 3.32. The van der Waals surface area contributed by atoms with Crippen molar-refractivity contribution in [3.63, 3.8) is 0 Å². The van der Waals surface area contributed by atoms with Crippen molar-refractivity contribution in [2.45, 2.75) is 64.0 Å². The van der Waals surface area contributed by atoms with Gasteiger partial charge >= 0.3 is 5.97 Å². The number of amides is 1. The molecule has 1 aromatic heterocycles. The van der Waals surface area contributed by atoms with Crippen molar-refractivity contribution in [2.24, 2.45) is 5.41 Å². The van der Waals surface area contributed by atoms with Gasteiger partial charge in [-0.15, -0.1) is 11.3 Å². The van der Waals surface area contributed by atoms with Crippen molar-refractivity contribution in [1.29, 1.82) is 0 Å². The molecule has 0 unspecified atom stereocenters. The number of nitrogens with zero attached hydrogens (tertiary/aromatic N) is 1. The van der Waals surface area contributed by atoms with Crippen LogP contribution in [0.1, 0.15) is 50.3 Å². The third-order valence-corrected chi connectivity index (χ3v) is 6.42. The Morgan fingerprint density at radius 3 is 2.86 bits per heavy atom. The lowest BCUT2D eigenvalue weighted by atomic mass is 9.72. The minimum Gasteiger partial charge on any atom is -0.481 e. The minimum absolute atomic E-state index is 0.0887. The molecule has 5 heteroatoms. The standard InChI is InChI=1S/C17H23NO3S/c1-2-17(16(20)21)11-12-8-9-14(17)18(12)15(19)7-3-5-13-6-4-10-22-13/h4,6,10,12,14H,2-3,5,7-9,11H2,1H3,(H,20,21)/t12-,14+,17+/m0/s1. The lowest BCUT2D eigenvalue weighted by Crippen LogP contribution is -2.44. The second-order valence-corrected chi connectivity index (χ2v) is 7.53. The summed E-state index contributed by atoms with van der Waals surface area (Å²) in [7, 11) is 0. The van der Waals surface area contributed by atoms with Crippen LogP contribution in [0.4, 0.5) is 0 Å². The van der Waals surface area contributed by atoms with E-state index in [4.69, 9.17) is 0 Å². The molecule has 0 aromatic carbocycles. The summed E-state index contributed by atoms with van der Waals surface area (Å²) in [5.74, 6) is -0.570. The number of rotatable bonds is 6. The zero-order valence-corrected chi connectivity index (χ0v) is 13.8. The number of carbonyl (C=O) groups excluding carboxylic acids is 1. The SMILES string of the molecule is CC[C@@]1(C(=O)O)C[C@@H]2CC[C@H]1N2C(=O)CCCc1cccs1. The first-order chi connectivity index (χ1) is 10.6. The van der Waals surface area contributed by atoms with E-state index in [0.29, 0.717) is 19.3 Å². The minimum atomic E-state index is -0.724. The van der Waals surface area contributed by atoms with Crippen LogP contribution < -0.4 is 0 Å². The predicted molar refractivity (Wildman–Crippen MR) is 85.9 cm³/mol. The second kappa shape index (κ2) is 6.03. The molecule has 2 aliphatic heterocycles. The number of carboxylic acid groups (broad SMARTS) is 1. The van der Waals surface area contributed by atoms with Crippen molar-refractivity contribution in [1.82, 2.24) is 4.90 Å². The number of carboxylic acids is 1. The molecule has 3 heterocycles. The van der Waals surface area contributed by atoms with E-state index in [1.54, 1.807) is 11.3 Å². The van der Waals surface area contributed by atoms with Crippen molar-refractivity contribution in [3.05, 3.63) is 22.4 Å². The first-order valence-electron chi connectivity index (χ1n) is 8.15. The molecule has 2 bridgehead atoms. The average Bonchev–Trinajstić information content (AvgIpc) is 3.21. The summed E-state index contributed by atoms with van der Waals surface area (Å²) < 4.78 is 0. The van der Waals surface area contributed by atoms with Gasteiger partial charge in [-0.05, 0) is 50.0 Å². The Morgan fingerprint density at radius 2 is 2.27 bits per heavy atom. The van der Waals surface area contributed by atoms with Crippen molar-refractivity contribution in [3.8, 4) is 0 Å². The van der Waals surface area contributed by atoms with Gasteiger partial charge in [0.15, 0.2) is 0 Å². The Kier molecular flexibility index (Phi) is 4.26. The number of carbonyl (C=O) groups is 2. The van der Waals surface area contributed by atoms with Gasteiger partial charge in [0, 0.05) is 23.4 Å². The van der Waals surface area contributed by atoms with Gasteiger partial charge in [0.25, 0.3) is 0 Å². The number of hydrogen-bond donors (Lipinski definition) is 1. The van der Waals surface area contributed by atoms with Gasteiger partial charge in [0.1, 0.15) is 0 Å². The van der Waals surface area contributed by atoms with E-state index < -0.39 is 11.4 Å². The summed E-state index contributed by atoms with van der Waals surface area (Å²) in [6, 6.07) is 4.19. The highest BCUT2D eigenvalue weighted by Gasteiger charge is 2.60. The van der Waals surface area contributed by atoms with Crippen LogP contribution >= 0.6 is 11.3 Å². The molecular weight excluding hydrogens is 298 g/mol. The molecule has 22 heavy (non-hydrogen) atoms. The highest BCUT2D eigenvalue weighted by atomic mass is 32.1. The van der Waals surface area contributed by atoms with E-state index in [-0.39, 0.29) is 18.0 Å². The summed E-state index contributed by atoms with van der Waals surface area (Å²) in [4.78, 5) is 27.6. The van der Waals surface area contributed by atoms with Crippen LogP contribution in [0.3, 0.4) is 0 Å². The van der Waals surface area contributed by atoms with Gasteiger partial charge in [-0.25, -0.2) is 0 Å². The topological polar surface area (TPSA) is 57.6 Å². The van der Waals surface area contributed by atoms with E-state index in [1.807, 2.05) is 17.9 Å². The second-order valence-electron chi connectivity index (χ2n) is 6.50. The molecule has 0 radical (unpaired) electrons. The maximum absolute atomic E-state index is 12.6. The highest BCUT2D eigenvalue weighted by molar-refractivity contribution is 7.09. The molecule has 2 aliphatic rings. The summed E-state index contributed by atoms with van der Waals surface area (Å²) in [6.07, 6.45) is 5.39. The fourth-order valence-electron chi connectivity index (χ4n) is 4.32. The molecule has 120 valence electrons. The third-order valence-electron chi connectivity index (χ3n) is 5.48. The summed E-state index contributed by atoms with van der Waals surface area (Å²) in [6.45, 7) is 1.94. The summed E-state index contributed by atoms with van der Waals surface area (Å²) in [5, 5.41) is 11.7. The Balaban J connectivity index is 1.62. The molecule has 0 saturated carbocycles.